The summed E-state index contributed by atoms with van der Waals surface area (Å²) in [6.45, 7) is 2.20. The van der Waals surface area contributed by atoms with Crippen molar-refractivity contribution in [2.24, 2.45) is 18.4 Å². The third kappa shape index (κ3) is 3.73. The third-order valence-electron chi connectivity index (χ3n) is 8.76. The van der Waals surface area contributed by atoms with E-state index in [0.29, 0.717) is 12.8 Å². The van der Waals surface area contributed by atoms with Gasteiger partial charge < -0.3 is 0 Å². The number of benzene rings is 3. The molecule has 6 rings (SSSR count). The number of allylic oxidation sites excluding steroid dienone is 2. The van der Waals surface area contributed by atoms with Crippen molar-refractivity contribution in [3.63, 3.8) is 0 Å². The average Bonchev–Trinajstić information content (AvgIpc) is 3.29. The normalized spacial score (nSPS) is 21.7. The summed E-state index contributed by atoms with van der Waals surface area (Å²) in [5, 5.41) is 15.4. The summed E-state index contributed by atoms with van der Waals surface area (Å²) in [6, 6.07) is 33.2. The number of aryl methyl sites for hydroxylation is 1. The van der Waals surface area contributed by atoms with Crippen LogP contribution in [0.15, 0.2) is 103 Å². The molecule has 0 fully saturated rings. The van der Waals surface area contributed by atoms with Gasteiger partial charge >= 0.3 is 0 Å². The number of fused-ring (bicyclic) bond motifs is 3. The summed E-state index contributed by atoms with van der Waals surface area (Å²) in [5.74, 6) is -0.0242. The second-order valence-corrected chi connectivity index (χ2v) is 11.0. The molecule has 0 N–H and O–H groups in total. The van der Waals surface area contributed by atoms with Crippen molar-refractivity contribution >= 4 is 5.78 Å². The second-order valence-electron chi connectivity index (χ2n) is 11.0. The van der Waals surface area contributed by atoms with Crippen LogP contribution >= 0.6 is 0 Å². The molecule has 0 saturated carbocycles. The SMILES string of the molecule is Cn1nc2c(c1-c1ccccc1)CC[C@H]1C(Cc3ccccc3)(Cc3ccccc3)C(=O)C(C#N)=C[C@]21C. The fourth-order valence-electron chi connectivity index (χ4n) is 7.23. The lowest BCUT2D eigenvalue weighted by Crippen LogP contribution is -2.56. The van der Waals surface area contributed by atoms with Crippen LogP contribution in [0.5, 0.6) is 0 Å². The van der Waals surface area contributed by atoms with Crippen LogP contribution in [0.4, 0.5) is 0 Å². The van der Waals surface area contributed by atoms with E-state index in [0.717, 1.165) is 40.9 Å². The topological polar surface area (TPSA) is 58.7 Å². The highest BCUT2D eigenvalue weighted by Gasteiger charge is 2.59. The van der Waals surface area contributed by atoms with E-state index in [1.165, 1.54) is 5.56 Å². The number of carbonyl (C=O) groups is 1. The molecule has 0 radical (unpaired) electrons. The quantitative estimate of drug-likeness (QED) is 0.320. The van der Waals surface area contributed by atoms with Crippen LogP contribution < -0.4 is 0 Å². The molecule has 4 heteroatoms. The van der Waals surface area contributed by atoms with Crippen LogP contribution in [-0.2, 0) is 36.5 Å². The number of carbonyl (C=O) groups excluding carboxylic acids is 1. The highest BCUT2D eigenvalue weighted by atomic mass is 16.1. The Morgan fingerprint density at radius 2 is 1.47 bits per heavy atom. The van der Waals surface area contributed by atoms with Crippen molar-refractivity contribution < 1.29 is 4.79 Å². The van der Waals surface area contributed by atoms with Crippen molar-refractivity contribution in [3.8, 4) is 17.3 Å². The maximum absolute atomic E-state index is 14.4. The molecule has 0 aliphatic heterocycles. The van der Waals surface area contributed by atoms with E-state index in [2.05, 4.69) is 61.5 Å². The van der Waals surface area contributed by atoms with Gasteiger partial charge in [0.05, 0.1) is 17.0 Å². The standard InChI is InChI=1S/C34H31N3O/c1-33-22-27(23-35)32(38)34(20-24-12-6-3-7-13-24,21-25-14-8-4-9-15-25)29(33)19-18-28-30(37(2)36-31(28)33)26-16-10-5-11-17-26/h3-17,22,29H,18-21H2,1-2H3/t29-,33+/m1/s1. The smallest absolute Gasteiger partial charge is 0.180 e. The lowest BCUT2D eigenvalue weighted by Gasteiger charge is -2.52. The van der Waals surface area contributed by atoms with Crippen LogP contribution in [0.25, 0.3) is 11.3 Å². The fraction of sp³-hybridized carbons (Fsp3) is 0.265. The van der Waals surface area contributed by atoms with E-state index in [4.69, 9.17) is 5.10 Å². The molecule has 0 saturated heterocycles. The van der Waals surface area contributed by atoms with Gasteiger partial charge in [-0.25, -0.2) is 0 Å². The third-order valence-corrected chi connectivity index (χ3v) is 8.76. The number of nitriles is 1. The average molecular weight is 498 g/mol. The molecule has 1 heterocycles. The van der Waals surface area contributed by atoms with Gasteiger partial charge in [0.25, 0.3) is 0 Å². The van der Waals surface area contributed by atoms with Crippen molar-refractivity contribution in [1.82, 2.24) is 9.78 Å². The molecule has 4 aromatic rings. The van der Waals surface area contributed by atoms with E-state index in [9.17, 15) is 10.1 Å². The zero-order chi connectivity index (χ0) is 26.3. The van der Waals surface area contributed by atoms with E-state index in [1.54, 1.807) is 0 Å². The first-order valence-electron chi connectivity index (χ1n) is 13.3. The number of ketones is 1. The summed E-state index contributed by atoms with van der Waals surface area (Å²) in [4.78, 5) is 14.4. The van der Waals surface area contributed by atoms with Gasteiger partial charge in [-0.1, -0.05) is 104 Å². The predicted octanol–water partition coefficient (Wildman–Crippen LogP) is 6.41. The Balaban J connectivity index is 1.57. The summed E-state index contributed by atoms with van der Waals surface area (Å²) >= 11 is 0. The summed E-state index contributed by atoms with van der Waals surface area (Å²) in [7, 11) is 2.00. The van der Waals surface area contributed by atoms with E-state index in [1.807, 2.05) is 60.3 Å². The van der Waals surface area contributed by atoms with Crippen LogP contribution in [-0.4, -0.2) is 15.6 Å². The minimum atomic E-state index is -0.751. The Morgan fingerprint density at radius 3 is 2.03 bits per heavy atom. The zero-order valence-corrected chi connectivity index (χ0v) is 21.9. The Bertz CT molecular complexity index is 1520. The number of rotatable bonds is 5. The van der Waals surface area contributed by atoms with Crippen LogP contribution in [0.2, 0.25) is 0 Å². The Kier molecular flexibility index (Phi) is 5.88. The maximum Gasteiger partial charge on any atom is 0.180 e. The molecule has 0 amide bonds. The van der Waals surface area contributed by atoms with E-state index in [-0.39, 0.29) is 17.3 Å². The Hall–Kier alpha value is -4.23. The molecule has 2 aliphatic rings. The van der Waals surface area contributed by atoms with Gasteiger partial charge in [-0.15, -0.1) is 0 Å². The monoisotopic (exact) mass is 497 g/mol. The van der Waals surface area contributed by atoms with Gasteiger partial charge in [-0.05, 0) is 42.7 Å². The van der Waals surface area contributed by atoms with Gasteiger partial charge in [-0.2, -0.15) is 10.4 Å². The van der Waals surface area contributed by atoms with Gasteiger partial charge in [0.1, 0.15) is 6.07 Å². The van der Waals surface area contributed by atoms with Gasteiger partial charge in [0.15, 0.2) is 5.78 Å². The minimum absolute atomic E-state index is 0.00559. The van der Waals surface area contributed by atoms with Crippen LogP contribution in [0, 0.1) is 22.7 Å². The Morgan fingerprint density at radius 1 is 0.921 bits per heavy atom. The lowest BCUT2D eigenvalue weighted by atomic mass is 9.48. The first-order valence-corrected chi connectivity index (χ1v) is 13.3. The first kappa shape index (κ1) is 24.1. The summed E-state index contributed by atoms with van der Waals surface area (Å²) < 4.78 is 1.99. The van der Waals surface area contributed by atoms with Crippen molar-refractivity contribution in [2.75, 3.05) is 0 Å². The molecule has 4 nitrogen and oxygen atoms in total. The Labute approximate surface area is 224 Å². The maximum atomic E-state index is 14.4. The molecule has 0 unspecified atom stereocenters. The molecule has 1 aromatic heterocycles. The highest BCUT2D eigenvalue weighted by Crippen LogP contribution is 2.57. The second kappa shape index (κ2) is 9.26. The molecule has 188 valence electrons. The number of hydrogen-bond acceptors (Lipinski definition) is 3. The first-order chi connectivity index (χ1) is 18.5. The van der Waals surface area contributed by atoms with Crippen LogP contribution in [0.3, 0.4) is 0 Å². The highest BCUT2D eigenvalue weighted by molar-refractivity contribution is 6.05. The van der Waals surface area contributed by atoms with Crippen LogP contribution in [0.1, 0.15) is 35.7 Å². The zero-order valence-electron chi connectivity index (χ0n) is 21.9. The fourth-order valence-corrected chi connectivity index (χ4v) is 7.23. The van der Waals surface area contributed by atoms with Gasteiger partial charge in [-0.3, -0.25) is 9.48 Å². The lowest BCUT2D eigenvalue weighted by molar-refractivity contribution is -0.131. The number of hydrogen-bond donors (Lipinski definition) is 0. The number of aromatic nitrogens is 2. The minimum Gasteiger partial charge on any atom is -0.293 e. The number of nitrogens with zero attached hydrogens (tertiary/aromatic N) is 3. The molecular formula is C34H31N3O. The van der Waals surface area contributed by atoms with E-state index >= 15 is 0 Å². The molecule has 3 aromatic carbocycles. The molecule has 2 atom stereocenters. The van der Waals surface area contributed by atoms with Crippen molar-refractivity contribution in [1.29, 1.82) is 5.26 Å². The molecule has 0 spiro atoms. The number of Topliss-reactive ketones (excluding diaryl/α,β-unsaturated/α-hetero) is 1. The summed E-state index contributed by atoms with van der Waals surface area (Å²) in [5.41, 5.74) is 5.71. The molecule has 38 heavy (non-hydrogen) atoms. The van der Waals surface area contributed by atoms with Gasteiger partial charge in [0, 0.05) is 29.0 Å². The van der Waals surface area contributed by atoms with Crippen molar-refractivity contribution in [3.05, 3.63) is 125 Å². The van der Waals surface area contributed by atoms with Crippen molar-refractivity contribution in [2.45, 2.75) is 38.0 Å². The van der Waals surface area contributed by atoms with E-state index < -0.39 is 10.8 Å². The molecule has 2 aliphatic carbocycles. The predicted molar refractivity (Wildman–Crippen MR) is 149 cm³/mol. The van der Waals surface area contributed by atoms with Gasteiger partial charge in [0.2, 0.25) is 0 Å². The molecular weight excluding hydrogens is 466 g/mol. The molecule has 0 bridgehead atoms. The summed E-state index contributed by atoms with van der Waals surface area (Å²) in [6.07, 6.45) is 4.83. The largest absolute Gasteiger partial charge is 0.293 e.